The molecule has 1 aromatic carbocycles. The summed E-state index contributed by atoms with van der Waals surface area (Å²) in [5.41, 5.74) is 1.16. The van der Waals surface area contributed by atoms with Gasteiger partial charge >= 0.3 is 6.18 Å². The van der Waals surface area contributed by atoms with E-state index in [1.165, 1.54) is 12.3 Å². The van der Waals surface area contributed by atoms with Crippen molar-refractivity contribution in [3.05, 3.63) is 59.3 Å². The van der Waals surface area contributed by atoms with E-state index in [0.717, 1.165) is 6.07 Å². The van der Waals surface area contributed by atoms with Crippen LogP contribution in [0.5, 0.6) is 0 Å². The molecule has 3 nitrogen and oxygen atoms in total. The molecule has 1 unspecified atom stereocenters. The molecule has 3 N–H and O–H groups in total. The molecule has 7 heteroatoms. The number of hydrazine groups is 1. The molecular weight excluding hydrogens is 264 g/mol. The highest BCUT2D eigenvalue weighted by molar-refractivity contribution is 5.33. The fraction of sp³-hybridized carbons (Fsp3) is 0.167. The van der Waals surface area contributed by atoms with E-state index in [9.17, 15) is 17.6 Å². The van der Waals surface area contributed by atoms with Crippen LogP contribution in [0.1, 0.15) is 22.9 Å². The molecule has 102 valence electrons. The van der Waals surface area contributed by atoms with E-state index in [2.05, 4.69) is 5.43 Å². The van der Waals surface area contributed by atoms with Crippen LogP contribution >= 0.6 is 0 Å². The van der Waals surface area contributed by atoms with Crippen molar-refractivity contribution >= 4 is 0 Å². The minimum atomic E-state index is -4.76. The first-order chi connectivity index (χ1) is 8.93. The maximum absolute atomic E-state index is 13.2. The van der Waals surface area contributed by atoms with Crippen LogP contribution in [0.4, 0.5) is 17.6 Å². The Balaban J connectivity index is 2.45. The minimum absolute atomic E-state index is 0.158. The molecule has 0 saturated carbocycles. The van der Waals surface area contributed by atoms with Crippen LogP contribution in [0, 0.1) is 5.82 Å². The second kappa shape index (κ2) is 5.02. The molecule has 0 spiro atoms. The van der Waals surface area contributed by atoms with Gasteiger partial charge in [-0.15, -0.1) is 0 Å². The zero-order valence-corrected chi connectivity index (χ0v) is 9.54. The van der Waals surface area contributed by atoms with Crippen LogP contribution < -0.4 is 11.3 Å². The molecule has 2 rings (SSSR count). The molecule has 1 atom stereocenters. The number of nitrogens with two attached hydrogens (primary N) is 1. The Morgan fingerprint density at radius 2 is 1.95 bits per heavy atom. The SMILES string of the molecule is NNC(c1ccc(F)c(C(F)(F)F)c1)c1ccco1. The maximum Gasteiger partial charge on any atom is 0.419 e. The monoisotopic (exact) mass is 274 g/mol. The Bertz CT molecular complexity index is 551. The predicted molar refractivity (Wildman–Crippen MR) is 59.3 cm³/mol. The van der Waals surface area contributed by atoms with E-state index < -0.39 is 23.6 Å². The first-order valence-electron chi connectivity index (χ1n) is 5.29. The van der Waals surface area contributed by atoms with E-state index in [0.29, 0.717) is 11.8 Å². The van der Waals surface area contributed by atoms with Crippen molar-refractivity contribution in [1.82, 2.24) is 5.43 Å². The van der Waals surface area contributed by atoms with Gasteiger partial charge in [-0.2, -0.15) is 13.2 Å². The van der Waals surface area contributed by atoms with Gasteiger partial charge in [0.15, 0.2) is 0 Å². The third kappa shape index (κ3) is 2.77. The first kappa shape index (κ1) is 13.6. The lowest BCUT2D eigenvalue weighted by Gasteiger charge is -2.16. The van der Waals surface area contributed by atoms with Gasteiger partial charge in [0.2, 0.25) is 0 Å². The summed E-state index contributed by atoms with van der Waals surface area (Å²) in [6.45, 7) is 0. The van der Waals surface area contributed by atoms with Crippen molar-refractivity contribution in [2.75, 3.05) is 0 Å². The van der Waals surface area contributed by atoms with Crippen LogP contribution in [0.3, 0.4) is 0 Å². The van der Waals surface area contributed by atoms with Gasteiger partial charge < -0.3 is 4.42 Å². The molecule has 0 amide bonds. The van der Waals surface area contributed by atoms with Crippen molar-refractivity contribution in [3.63, 3.8) is 0 Å². The number of alkyl halides is 3. The number of nitrogens with one attached hydrogen (secondary N) is 1. The number of rotatable bonds is 3. The summed E-state index contributed by atoms with van der Waals surface area (Å²) < 4.78 is 56.1. The standard InChI is InChI=1S/C12H10F4N2O/c13-9-4-3-7(6-8(9)12(14,15)16)11(18-17)10-2-1-5-19-10/h1-6,11,18H,17H2. The number of halogens is 4. The Morgan fingerprint density at radius 3 is 2.47 bits per heavy atom. The summed E-state index contributed by atoms with van der Waals surface area (Å²) in [6.07, 6.45) is -3.39. The molecule has 0 fully saturated rings. The first-order valence-corrected chi connectivity index (χ1v) is 5.29. The van der Waals surface area contributed by atoms with E-state index in [1.54, 1.807) is 12.1 Å². The second-order valence-corrected chi connectivity index (χ2v) is 3.85. The summed E-state index contributed by atoms with van der Waals surface area (Å²) >= 11 is 0. The second-order valence-electron chi connectivity index (χ2n) is 3.85. The van der Waals surface area contributed by atoms with Gasteiger partial charge in [-0.1, -0.05) is 6.07 Å². The van der Waals surface area contributed by atoms with Crippen LogP contribution in [0.25, 0.3) is 0 Å². The quantitative estimate of drug-likeness (QED) is 0.514. The van der Waals surface area contributed by atoms with Crippen LogP contribution in [0.15, 0.2) is 41.0 Å². The van der Waals surface area contributed by atoms with Gasteiger partial charge in [0, 0.05) is 0 Å². The minimum Gasteiger partial charge on any atom is -0.467 e. The number of benzene rings is 1. The smallest absolute Gasteiger partial charge is 0.419 e. The van der Waals surface area contributed by atoms with Crippen molar-refractivity contribution in [2.45, 2.75) is 12.2 Å². The average molecular weight is 274 g/mol. The zero-order valence-electron chi connectivity index (χ0n) is 9.54. The van der Waals surface area contributed by atoms with E-state index in [4.69, 9.17) is 10.3 Å². The third-order valence-corrected chi connectivity index (χ3v) is 2.62. The largest absolute Gasteiger partial charge is 0.467 e. The maximum atomic E-state index is 13.2. The van der Waals surface area contributed by atoms with Gasteiger partial charge in [-0.3, -0.25) is 5.84 Å². The highest BCUT2D eigenvalue weighted by atomic mass is 19.4. The molecule has 1 aromatic heterocycles. The Labute approximate surface area is 106 Å². The number of hydrogen-bond donors (Lipinski definition) is 2. The lowest BCUT2D eigenvalue weighted by atomic mass is 10.0. The van der Waals surface area contributed by atoms with Gasteiger partial charge in [0.05, 0.1) is 11.8 Å². The van der Waals surface area contributed by atoms with Crippen molar-refractivity contribution in [1.29, 1.82) is 0 Å². The van der Waals surface area contributed by atoms with Crippen LogP contribution in [-0.4, -0.2) is 0 Å². The van der Waals surface area contributed by atoms with E-state index in [-0.39, 0.29) is 5.56 Å². The molecule has 0 aliphatic rings. The highest BCUT2D eigenvalue weighted by Gasteiger charge is 2.35. The molecule has 19 heavy (non-hydrogen) atoms. The molecule has 0 radical (unpaired) electrons. The van der Waals surface area contributed by atoms with Crippen molar-refractivity contribution in [2.24, 2.45) is 5.84 Å². The summed E-state index contributed by atoms with van der Waals surface area (Å²) in [7, 11) is 0. The van der Waals surface area contributed by atoms with Gasteiger partial charge in [0.1, 0.15) is 17.6 Å². The van der Waals surface area contributed by atoms with E-state index in [1.807, 2.05) is 0 Å². The molecule has 0 aliphatic heterocycles. The summed E-state index contributed by atoms with van der Waals surface area (Å²) in [5.74, 6) is 4.32. The fourth-order valence-corrected chi connectivity index (χ4v) is 1.74. The summed E-state index contributed by atoms with van der Waals surface area (Å²) in [5, 5.41) is 0. The molecule has 1 heterocycles. The van der Waals surface area contributed by atoms with Crippen LogP contribution in [-0.2, 0) is 6.18 Å². The zero-order chi connectivity index (χ0) is 14.0. The summed E-state index contributed by atoms with van der Waals surface area (Å²) in [6, 6.07) is 5.04. The van der Waals surface area contributed by atoms with Gasteiger partial charge in [0.25, 0.3) is 0 Å². The molecular formula is C12H10F4N2O. The van der Waals surface area contributed by atoms with Crippen molar-refractivity contribution in [3.8, 4) is 0 Å². The lowest BCUT2D eigenvalue weighted by molar-refractivity contribution is -0.140. The normalized spacial score (nSPS) is 13.5. The van der Waals surface area contributed by atoms with Gasteiger partial charge in [-0.05, 0) is 29.8 Å². The Kier molecular flexibility index (Phi) is 3.59. The van der Waals surface area contributed by atoms with Crippen LogP contribution in [0.2, 0.25) is 0 Å². The van der Waals surface area contributed by atoms with Gasteiger partial charge in [-0.25, -0.2) is 9.82 Å². The topological polar surface area (TPSA) is 51.2 Å². The summed E-state index contributed by atoms with van der Waals surface area (Å²) in [4.78, 5) is 0. The molecule has 2 aromatic rings. The molecule has 0 bridgehead atoms. The lowest BCUT2D eigenvalue weighted by Crippen LogP contribution is -2.28. The number of hydrogen-bond acceptors (Lipinski definition) is 3. The Morgan fingerprint density at radius 1 is 1.21 bits per heavy atom. The van der Waals surface area contributed by atoms with Crippen molar-refractivity contribution < 1.29 is 22.0 Å². The fourth-order valence-electron chi connectivity index (χ4n) is 1.74. The number of furan rings is 1. The third-order valence-electron chi connectivity index (χ3n) is 2.62. The predicted octanol–water partition coefficient (Wildman–Crippen LogP) is 2.99. The van der Waals surface area contributed by atoms with E-state index >= 15 is 0 Å². The average Bonchev–Trinajstić information content (AvgIpc) is 2.84. The molecule has 0 saturated heterocycles. The Hall–Kier alpha value is -1.86. The highest BCUT2D eigenvalue weighted by Crippen LogP contribution is 2.34. The molecule has 0 aliphatic carbocycles.